The third-order valence-corrected chi connectivity index (χ3v) is 3.66. The topological polar surface area (TPSA) is 24.5 Å². The zero-order chi connectivity index (χ0) is 13.7. The average Bonchev–Trinajstić information content (AvgIpc) is 2.36. The second-order valence-electron chi connectivity index (χ2n) is 5.94. The van der Waals surface area contributed by atoms with Crippen LogP contribution >= 0.6 is 0 Å². The van der Waals surface area contributed by atoms with Crippen molar-refractivity contribution in [2.45, 2.75) is 32.4 Å². The van der Waals surface area contributed by atoms with Gasteiger partial charge in [0.15, 0.2) is 0 Å². The van der Waals surface area contributed by atoms with Crippen molar-refractivity contribution in [2.24, 2.45) is 0 Å². The molecule has 0 aromatic heterocycles. The Balaban J connectivity index is 2.02. The molecule has 1 aliphatic rings. The monoisotopic (exact) mass is 262 g/mol. The minimum atomic E-state index is -0.0157. The third kappa shape index (κ3) is 4.30. The predicted octanol–water partition coefficient (Wildman–Crippen LogP) is 2.06. The summed E-state index contributed by atoms with van der Waals surface area (Å²) >= 11 is 0. The molecule has 106 valence electrons. The van der Waals surface area contributed by atoms with E-state index < -0.39 is 0 Å². The van der Waals surface area contributed by atoms with E-state index >= 15 is 0 Å². The number of rotatable bonds is 5. The maximum Gasteiger partial charge on any atom is 0.0753 e. The molecule has 1 N–H and O–H groups in total. The van der Waals surface area contributed by atoms with Gasteiger partial charge >= 0.3 is 0 Å². The molecule has 1 saturated heterocycles. The molecule has 1 aromatic rings. The van der Waals surface area contributed by atoms with E-state index in [1.807, 2.05) is 7.05 Å². The van der Waals surface area contributed by atoms with Crippen molar-refractivity contribution < 1.29 is 4.74 Å². The van der Waals surface area contributed by atoms with Gasteiger partial charge in [-0.25, -0.2) is 0 Å². The van der Waals surface area contributed by atoms with E-state index in [-0.39, 0.29) is 5.60 Å². The fourth-order valence-electron chi connectivity index (χ4n) is 2.71. The predicted molar refractivity (Wildman–Crippen MR) is 79.4 cm³/mol. The van der Waals surface area contributed by atoms with Gasteiger partial charge in [0.05, 0.1) is 12.2 Å². The van der Waals surface area contributed by atoms with Crippen LogP contribution in [-0.2, 0) is 17.7 Å². The highest BCUT2D eigenvalue weighted by molar-refractivity contribution is 5.27. The van der Waals surface area contributed by atoms with Crippen molar-refractivity contribution in [1.82, 2.24) is 10.2 Å². The number of nitrogens with one attached hydrogen (secondary N) is 1. The van der Waals surface area contributed by atoms with Gasteiger partial charge in [-0.05, 0) is 45.0 Å². The second-order valence-corrected chi connectivity index (χ2v) is 5.94. The molecule has 1 aromatic carbocycles. The first-order chi connectivity index (χ1) is 9.11. The van der Waals surface area contributed by atoms with Gasteiger partial charge in [0, 0.05) is 19.6 Å². The zero-order valence-corrected chi connectivity index (χ0v) is 12.4. The first-order valence-corrected chi connectivity index (χ1v) is 7.18. The smallest absolute Gasteiger partial charge is 0.0753 e. The molecule has 0 aliphatic carbocycles. The standard InChI is InChI=1S/C16H26N2O/c1-16(2)13-18(10-11-19-16)12-15-7-5-4-6-14(15)8-9-17-3/h4-7,17H,8-13H2,1-3H3. The fraction of sp³-hybridized carbons (Fsp3) is 0.625. The summed E-state index contributed by atoms with van der Waals surface area (Å²) in [4.78, 5) is 2.50. The van der Waals surface area contributed by atoms with Gasteiger partial charge in [-0.2, -0.15) is 0 Å². The maximum absolute atomic E-state index is 5.78. The molecule has 3 heteroatoms. The largest absolute Gasteiger partial charge is 0.373 e. The van der Waals surface area contributed by atoms with Gasteiger partial charge in [-0.15, -0.1) is 0 Å². The lowest BCUT2D eigenvalue weighted by atomic mass is 10.0. The molecule has 2 rings (SSSR count). The van der Waals surface area contributed by atoms with Crippen LogP contribution in [0.2, 0.25) is 0 Å². The highest BCUT2D eigenvalue weighted by Crippen LogP contribution is 2.20. The van der Waals surface area contributed by atoms with Crippen LogP contribution < -0.4 is 5.32 Å². The van der Waals surface area contributed by atoms with E-state index in [0.29, 0.717) is 0 Å². The molecule has 19 heavy (non-hydrogen) atoms. The quantitative estimate of drug-likeness (QED) is 0.879. The van der Waals surface area contributed by atoms with Crippen LogP contribution in [0.25, 0.3) is 0 Å². The highest BCUT2D eigenvalue weighted by Gasteiger charge is 2.27. The molecule has 0 radical (unpaired) electrons. The normalized spacial score (nSPS) is 19.5. The first-order valence-electron chi connectivity index (χ1n) is 7.18. The van der Waals surface area contributed by atoms with E-state index in [1.54, 1.807) is 0 Å². The summed E-state index contributed by atoms with van der Waals surface area (Å²) in [7, 11) is 2.01. The van der Waals surface area contributed by atoms with Gasteiger partial charge < -0.3 is 10.1 Å². The Morgan fingerprint density at radius 2 is 2.00 bits per heavy atom. The summed E-state index contributed by atoms with van der Waals surface area (Å²) in [5.74, 6) is 0. The Morgan fingerprint density at radius 3 is 2.68 bits per heavy atom. The molecule has 1 heterocycles. The van der Waals surface area contributed by atoms with Gasteiger partial charge in [-0.3, -0.25) is 4.90 Å². The lowest BCUT2D eigenvalue weighted by Gasteiger charge is -2.38. The zero-order valence-electron chi connectivity index (χ0n) is 12.4. The molecule has 0 atom stereocenters. The molecule has 0 saturated carbocycles. The Labute approximate surface area is 116 Å². The van der Waals surface area contributed by atoms with Crippen LogP contribution in [0.3, 0.4) is 0 Å². The highest BCUT2D eigenvalue weighted by atomic mass is 16.5. The van der Waals surface area contributed by atoms with E-state index in [2.05, 4.69) is 48.3 Å². The number of morpholine rings is 1. The average molecular weight is 262 g/mol. The molecule has 0 amide bonds. The number of hydrogen-bond acceptors (Lipinski definition) is 3. The molecule has 0 bridgehead atoms. The van der Waals surface area contributed by atoms with Crippen LogP contribution in [0.15, 0.2) is 24.3 Å². The van der Waals surface area contributed by atoms with Crippen molar-refractivity contribution in [1.29, 1.82) is 0 Å². The van der Waals surface area contributed by atoms with Gasteiger partial charge in [0.25, 0.3) is 0 Å². The molecule has 3 nitrogen and oxygen atoms in total. The SMILES string of the molecule is CNCCc1ccccc1CN1CCOC(C)(C)C1. The molecule has 0 spiro atoms. The van der Waals surface area contributed by atoms with E-state index in [9.17, 15) is 0 Å². The minimum absolute atomic E-state index is 0.0157. The first kappa shape index (κ1) is 14.5. The number of ether oxygens (including phenoxy) is 1. The van der Waals surface area contributed by atoms with Crippen LogP contribution in [0.4, 0.5) is 0 Å². The summed E-state index contributed by atoms with van der Waals surface area (Å²) in [5, 5.41) is 3.23. The van der Waals surface area contributed by atoms with Crippen molar-refractivity contribution in [3.05, 3.63) is 35.4 Å². The molecular formula is C16H26N2O. The van der Waals surface area contributed by atoms with E-state index in [1.165, 1.54) is 11.1 Å². The van der Waals surface area contributed by atoms with Gasteiger partial charge in [0.1, 0.15) is 0 Å². The minimum Gasteiger partial charge on any atom is -0.373 e. The van der Waals surface area contributed by atoms with E-state index in [0.717, 1.165) is 39.2 Å². The Hall–Kier alpha value is -0.900. The Bertz CT molecular complexity index is 403. The fourth-order valence-corrected chi connectivity index (χ4v) is 2.71. The van der Waals surface area contributed by atoms with Gasteiger partial charge in [-0.1, -0.05) is 24.3 Å². The van der Waals surface area contributed by atoms with Crippen LogP contribution in [0.5, 0.6) is 0 Å². The van der Waals surface area contributed by atoms with Crippen molar-refractivity contribution >= 4 is 0 Å². The number of hydrogen-bond donors (Lipinski definition) is 1. The number of nitrogens with zero attached hydrogens (tertiary/aromatic N) is 1. The van der Waals surface area contributed by atoms with Crippen molar-refractivity contribution in [3.63, 3.8) is 0 Å². The summed E-state index contributed by atoms with van der Waals surface area (Å²) in [6.07, 6.45) is 1.10. The Morgan fingerprint density at radius 1 is 1.26 bits per heavy atom. The molecule has 1 fully saturated rings. The van der Waals surface area contributed by atoms with Crippen LogP contribution in [-0.4, -0.2) is 43.8 Å². The summed E-state index contributed by atoms with van der Waals surface area (Å²) in [6, 6.07) is 8.78. The van der Waals surface area contributed by atoms with Crippen molar-refractivity contribution in [3.8, 4) is 0 Å². The third-order valence-electron chi connectivity index (χ3n) is 3.66. The van der Waals surface area contributed by atoms with E-state index in [4.69, 9.17) is 4.74 Å². The second kappa shape index (κ2) is 6.51. The lowest BCUT2D eigenvalue weighted by Crippen LogP contribution is -2.47. The van der Waals surface area contributed by atoms with Gasteiger partial charge in [0.2, 0.25) is 0 Å². The molecular weight excluding hydrogens is 236 g/mol. The molecule has 0 unspecified atom stereocenters. The lowest BCUT2D eigenvalue weighted by molar-refractivity contribution is -0.0883. The van der Waals surface area contributed by atoms with Crippen molar-refractivity contribution in [2.75, 3.05) is 33.3 Å². The number of benzene rings is 1. The summed E-state index contributed by atoms with van der Waals surface area (Å²) in [6.45, 7) is 9.29. The number of likely N-dealkylation sites (N-methyl/N-ethyl adjacent to an activating group) is 1. The summed E-state index contributed by atoms with van der Waals surface area (Å²) in [5.41, 5.74) is 2.90. The van der Waals surface area contributed by atoms with Crippen LogP contribution in [0.1, 0.15) is 25.0 Å². The summed E-state index contributed by atoms with van der Waals surface area (Å²) < 4.78 is 5.78. The van der Waals surface area contributed by atoms with Crippen LogP contribution in [0, 0.1) is 0 Å². The molecule has 1 aliphatic heterocycles. The Kier molecular flexibility index (Phi) is 4.97. The maximum atomic E-state index is 5.78.